The molecule has 1 aliphatic heterocycles. The Hall–Kier alpha value is -0.740. The second-order valence-corrected chi connectivity index (χ2v) is 5.42. The van der Waals surface area contributed by atoms with E-state index >= 15 is 0 Å². The first kappa shape index (κ1) is 11.7. The minimum atomic E-state index is 0.0413. The number of pyridine rings is 1. The highest BCUT2D eigenvalue weighted by molar-refractivity contribution is 8.00. The van der Waals surface area contributed by atoms with Crippen molar-refractivity contribution in [2.75, 3.05) is 11.1 Å². The zero-order valence-electron chi connectivity index (χ0n) is 8.78. The molecular formula is C11H13ClN2OS. The molecular weight excluding hydrogens is 244 g/mol. The lowest BCUT2D eigenvalue weighted by Gasteiger charge is -2.20. The third kappa shape index (κ3) is 2.89. The Morgan fingerprint density at radius 2 is 2.44 bits per heavy atom. The second kappa shape index (κ2) is 5.55. The van der Waals surface area contributed by atoms with Gasteiger partial charge in [0.25, 0.3) is 0 Å². The van der Waals surface area contributed by atoms with Crippen molar-refractivity contribution in [2.24, 2.45) is 0 Å². The van der Waals surface area contributed by atoms with Gasteiger partial charge in [0.05, 0.1) is 22.2 Å². The molecule has 16 heavy (non-hydrogen) atoms. The molecule has 3 nitrogen and oxygen atoms in total. The van der Waals surface area contributed by atoms with Crippen molar-refractivity contribution in [1.82, 2.24) is 4.98 Å². The monoisotopic (exact) mass is 256 g/mol. The van der Waals surface area contributed by atoms with Crippen LogP contribution in [0, 0.1) is 0 Å². The van der Waals surface area contributed by atoms with Crippen LogP contribution < -0.4 is 5.32 Å². The van der Waals surface area contributed by atoms with Crippen LogP contribution in [0.25, 0.3) is 0 Å². The van der Waals surface area contributed by atoms with Crippen molar-refractivity contribution >= 4 is 35.0 Å². The van der Waals surface area contributed by atoms with Crippen LogP contribution >= 0.6 is 23.4 Å². The SMILES string of the molecule is O=C(Nc1cnccc1Cl)C1CCCCS1. The Kier molecular flexibility index (Phi) is 4.07. The summed E-state index contributed by atoms with van der Waals surface area (Å²) in [5.74, 6) is 1.11. The Morgan fingerprint density at radius 1 is 1.56 bits per heavy atom. The quantitative estimate of drug-likeness (QED) is 0.885. The molecule has 1 aromatic heterocycles. The van der Waals surface area contributed by atoms with Gasteiger partial charge in [-0.1, -0.05) is 18.0 Å². The standard InChI is InChI=1S/C11H13ClN2OS/c12-8-4-5-13-7-9(8)14-11(15)10-3-1-2-6-16-10/h4-5,7,10H,1-3,6H2,(H,14,15). The first-order valence-electron chi connectivity index (χ1n) is 5.29. The van der Waals surface area contributed by atoms with Gasteiger partial charge in [0.2, 0.25) is 5.91 Å². The number of hydrogen-bond acceptors (Lipinski definition) is 3. The molecule has 1 N–H and O–H groups in total. The maximum Gasteiger partial charge on any atom is 0.237 e. The van der Waals surface area contributed by atoms with Crippen molar-refractivity contribution in [2.45, 2.75) is 24.5 Å². The fourth-order valence-electron chi connectivity index (χ4n) is 1.63. The molecule has 1 aliphatic rings. The number of carbonyl (C=O) groups excluding carboxylic acids is 1. The fraction of sp³-hybridized carbons (Fsp3) is 0.455. The van der Waals surface area contributed by atoms with E-state index in [4.69, 9.17) is 11.6 Å². The van der Waals surface area contributed by atoms with E-state index < -0.39 is 0 Å². The Morgan fingerprint density at radius 3 is 3.12 bits per heavy atom. The molecule has 1 fully saturated rings. The van der Waals surface area contributed by atoms with Crippen LogP contribution in [-0.2, 0) is 4.79 Å². The highest BCUT2D eigenvalue weighted by Gasteiger charge is 2.22. The van der Waals surface area contributed by atoms with Gasteiger partial charge in [-0.25, -0.2) is 0 Å². The van der Waals surface area contributed by atoms with Crippen LogP contribution in [0.5, 0.6) is 0 Å². The predicted octanol–water partition coefficient (Wildman–Crippen LogP) is 2.96. The number of rotatable bonds is 2. The van der Waals surface area contributed by atoms with Crippen molar-refractivity contribution in [1.29, 1.82) is 0 Å². The summed E-state index contributed by atoms with van der Waals surface area (Å²) in [6, 6.07) is 1.67. The third-order valence-electron chi connectivity index (χ3n) is 2.50. The number of hydrogen-bond donors (Lipinski definition) is 1. The van der Waals surface area contributed by atoms with E-state index in [2.05, 4.69) is 10.3 Å². The highest BCUT2D eigenvalue weighted by Crippen LogP contribution is 2.27. The van der Waals surface area contributed by atoms with Crippen LogP contribution in [0.2, 0.25) is 5.02 Å². The summed E-state index contributed by atoms with van der Waals surface area (Å²) in [4.78, 5) is 15.8. The molecule has 1 atom stereocenters. The number of halogens is 1. The molecule has 0 spiro atoms. The smallest absolute Gasteiger partial charge is 0.237 e. The van der Waals surface area contributed by atoms with E-state index in [0.717, 1.165) is 18.6 Å². The van der Waals surface area contributed by atoms with Gasteiger partial charge in [0.1, 0.15) is 0 Å². The summed E-state index contributed by atoms with van der Waals surface area (Å²) in [6.07, 6.45) is 6.48. The van der Waals surface area contributed by atoms with Crippen molar-refractivity contribution < 1.29 is 4.79 Å². The molecule has 0 aromatic carbocycles. The molecule has 1 saturated heterocycles. The lowest BCUT2D eigenvalue weighted by atomic mass is 10.2. The van der Waals surface area contributed by atoms with Crippen molar-refractivity contribution in [3.05, 3.63) is 23.5 Å². The summed E-state index contributed by atoms with van der Waals surface area (Å²) >= 11 is 7.67. The average Bonchev–Trinajstić information content (AvgIpc) is 2.33. The van der Waals surface area contributed by atoms with Gasteiger partial charge in [-0.3, -0.25) is 9.78 Å². The summed E-state index contributed by atoms with van der Waals surface area (Å²) in [7, 11) is 0. The molecule has 86 valence electrons. The predicted molar refractivity (Wildman–Crippen MR) is 68.0 cm³/mol. The molecule has 1 amide bonds. The van der Waals surface area contributed by atoms with E-state index in [1.165, 1.54) is 6.42 Å². The number of thioether (sulfide) groups is 1. The van der Waals surface area contributed by atoms with Gasteiger partial charge in [-0.2, -0.15) is 0 Å². The zero-order valence-corrected chi connectivity index (χ0v) is 10.4. The molecule has 0 aliphatic carbocycles. The number of carbonyl (C=O) groups is 1. The fourth-order valence-corrected chi connectivity index (χ4v) is 2.98. The van der Waals surface area contributed by atoms with E-state index in [9.17, 15) is 4.79 Å². The van der Waals surface area contributed by atoms with Gasteiger partial charge in [0.15, 0.2) is 0 Å². The van der Waals surface area contributed by atoms with Crippen LogP contribution in [0.1, 0.15) is 19.3 Å². The van der Waals surface area contributed by atoms with Gasteiger partial charge in [-0.15, -0.1) is 11.8 Å². The summed E-state index contributed by atoms with van der Waals surface area (Å²) < 4.78 is 0. The van der Waals surface area contributed by atoms with Gasteiger partial charge in [0, 0.05) is 6.20 Å². The molecule has 0 saturated carbocycles. The molecule has 1 aromatic rings. The van der Waals surface area contributed by atoms with Crippen molar-refractivity contribution in [3.63, 3.8) is 0 Å². The van der Waals surface area contributed by atoms with Crippen LogP contribution in [0.3, 0.4) is 0 Å². The molecule has 2 heterocycles. The summed E-state index contributed by atoms with van der Waals surface area (Å²) in [5, 5.41) is 3.42. The molecule has 0 bridgehead atoms. The summed E-state index contributed by atoms with van der Waals surface area (Å²) in [6.45, 7) is 0. The second-order valence-electron chi connectivity index (χ2n) is 3.70. The van der Waals surface area contributed by atoms with Gasteiger partial charge >= 0.3 is 0 Å². The topological polar surface area (TPSA) is 42.0 Å². The van der Waals surface area contributed by atoms with Crippen molar-refractivity contribution in [3.8, 4) is 0 Å². The molecule has 5 heteroatoms. The highest BCUT2D eigenvalue weighted by atomic mass is 35.5. The number of nitrogens with zero attached hydrogens (tertiary/aromatic N) is 1. The first-order chi connectivity index (χ1) is 7.77. The van der Waals surface area contributed by atoms with E-state index in [0.29, 0.717) is 10.7 Å². The normalized spacial score (nSPS) is 20.4. The molecule has 0 radical (unpaired) electrons. The van der Waals surface area contributed by atoms with Crippen LogP contribution in [0.15, 0.2) is 18.5 Å². The maximum atomic E-state index is 11.9. The first-order valence-corrected chi connectivity index (χ1v) is 6.72. The molecule has 1 unspecified atom stereocenters. The van der Waals surface area contributed by atoms with Gasteiger partial charge in [-0.05, 0) is 24.7 Å². The Balaban J connectivity index is 1.99. The Bertz CT molecular complexity index is 380. The number of aromatic nitrogens is 1. The summed E-state index contributed by atoms with van der Waals surface area (Å²) in [5.41, 5.74) is 0.598. The number of amides is 1. The lowest BCUT2D eigenvalue weighted by molar-refractivity contribution is -0.115. The minimum absolute atomic E-state index is 0.0413. The van der Waals surface area contributed by atoms with E-state index in [1.54, 1.807) is 30.2 Å². The lowest BCUT2D eigenvalue weighted by Crippen LogP contribution is -2.27. The van der Waals surface area contributed by atoms with E-state index in [-0.39, 0.29) is 11.2 Å². The minimum Gasteiger partial charge on any atom is -0.323 e. The molecule has 2 rings (SSSR count). The average molecular weight is 257 g/mol. The maximum absolute atomic E-state index is 11.9. The van der Waals surface area contributed by atoms with Gasteiger partial charge < -0.3 is 5.32 Å². The third-order valence-corrected chi connectivity index (χ3v) is 4.20. The number of anilines is 1. The Labute approximate surface area is 104 Å². The zero-order chi connectivity index (χ0) is 11.4. The van der Waals surface area contributed by atoms with E-state index in [1.807, 2.05) is 0 Å². The largest absolute Gasteiger partial charge is 0.323 e. The van der Waals surface area contributed by atoms with Crippen LogP contribution in [0.4, 0.5) is 5.69 Å². The van der Waals surface area contributed by atoms with Crippen LogP contribution in [-0.4, -0.2) is 21.9 Å². The number of nitrogens with one attached hydrogen (secondary N) is 1.